The monoisotopic (exact) mass is 346 g/mol. The van der Waals surface area contributed by atoms with Crippen molar-refractivity contribution in [1.82, 2.24) is 0 Å². The summed E-state index contributed by atoms with van der Waals surface area (Å²) in [6, 6.07) is 12.2. The first kappa shape index (κ1) is 16.0. The van der Waals surface area contributed by atoms with Crippen molar-refractivity contribution in [2.75, 3.05) is 17.3 Å². The molecule has 1 N–H and O–H groups in total. The summed E-state index contributed by atoms with van der Waals surface area (Å²) in [4.78, 5) is 25.5. The number of rotatable bonds is 4. The molecule has 0 aromatic heterocycles. The van der Waals surface area contributed by atoms with Crippen molar-refractivity contribution in [2.45, 2.75) is 0 Å². The summed E-state index contributed by atoms with van der Waals surface area (Å²) in [7, 11) is 1.53. The van der Waals surface area contributed by atoms with Crippen LogP contribution in [0.25, 0.3) is 0 Å². The molecular weight excluding hydrogens is 335 g/mol. The highest BCUT2D eigenvalue weighted by molar-refractivity contribution is 6.53. The Kier molecular flexibility index (Phi) is 4.22. The smallest absolute Gasteiger partial charge is 0.283 e. The van der Waals surface area contributed by atoms with E-state index >= 15 is 0 Å². The molecule has 2 amide bonds. The lowest BCUT2D eigenvalue weighted by molar-refractivity contribution is -0.120. The Morgan fingerprint density at radius 1 is 1.04 bits per heavy atom. The molecule has 0 fully saturated rings. The van der Waals surface area contributed by atoms with E-state index in [-0.39, 0.29) is 16.4 Å². The average molecular weight is 347 g/mol. The number of nitrogens with zero attached hydrogens (tertiary/aromatic N) is 1. The van der Waals surface area contributed by atoms with Gasteiger partial charge in [0.15, 0.2) is 0 Å². The summed E-state index contributed by atoms with van der Waals surface area (Å²) in [6.07, 6.45) is 0. The van der Waals surface area contributed by atoms with Crippen molar-refractivity contribution in [2.24, 2.45) is 0 Å². The standard InChI is InChI=1S/C17H12ClFN2O3/c1-24-11-8-6-10(7-9-11)20-15-14(18)16(22)21(17(15)23)13-5-3-2-4-12(13)19/h2-9,20H,1H3. The van der Waals surface area contributed by atoms with E-state index in [1.807, 2.05) is 0 Å². The van der Waals surface area contributed by atoms with E-state index in [2.05, 4.69) is 5.32 Å². The van der Waals surface area contributed by atoms with Gasteiger partial charge in [0.25, 0.3) is 11.8 Å². The Labute approximate surface area is 142 Å². The Balaban J connectivity index is 1.90. The lowest BCUT2D eigenvalue weighted by atomic mass is 10.2. The van der Waals surface area contributed by atoms with Crippen molar-refractivity contribution in [1.29, 1.82) is 0 Å². The summed E-state index contributed by atoms with van der Waals surface area (Å²) < 4.78 is 19.0. The van der Waals surface area contributed by atoms with Crippen molar-refractivity contribution < 1.29 is 18.7 Å². The van der Waals surface area contributed by atoms with Gasteiger partial charge in [0, 0.05) is 5.69 Å². The number of ether oxygens (including phenoxy) is 1. The minimum atomic E-state index is -0.775. The van der Waals surface area contributed by atoms with Crippen LogP contribution < -0.4 is 15.0 Å². The molecule has 1 heterocycles. The van der Waals surface area contributed by atoms with Crippen LogP contribution in [0.5, 0.6) is 5.75 Å². The number of methoxy groups -OCH3 is 1. The molecule has 0 spiro atoms. The normalized spacial score (nSPS) is 14.4. The van der Waals surface area contributed by atoms with Crippen LogP contribution in [0.1, 0.15) is 0 Å². The van der Waals surface area contributed by atoms with Crippen LogP contribution in [0.3, 0.4) is 0 Å². The molecule has 2 aromatic rings. The lowest BCUT2D eigenvalue weighted by Gasteiger charge is -2.15. The largest absolute Gasteiger partial charge is 0.497 e. The number of amides is 2. The number of carbonyl (C=O) groups excluding carboxylic acids is 2. The molecule has 122 valence electrons. The zero-order valence-corrected chi connectivity index (χ0v) is 13.3. The molecule has 2 aromatic carbocycles. The number of nitrogens with one attached hydrogen (secondary N) is 1. The fraction of sp³-hybridized carbons (Fsp3) is 0.0588. The van der Waals surface area contributed by atoms with Gasteiger partial charge in [0.1, 0.15) is 22.3 Å². The van der Waals surface area contributed by atoms with Gasteiger partial charge in [-0.2, -0.15) is 0 Å². The number of anilines is 2. The molecule has 0 saturated carbocycles. The predicted octanol–water partition coefficient (Wildman–Crippen LogP) is 3.27. The van der Waals surface area contributed by atoms with E-state index in [0.29, 0.717) is 16.3 Å². The Morgan fingerprint density at radius 3 is 2.33 bits per heavy atom. The fourth-order valence-corrected chi connectivity index (χ4v) is 2.49. The van der Waals surface area contributed by atoms with Crippen LogP contribution in [-0.4, -0.2) is 18.9 Å². The van der Waals surface area contributed by atoms with E-state index < -0.39 is 17.6 Å². The maximum atomic E-state index is 13.9. The summed E-state index contributed by atoms with van der Waals surface area (Å²) in [5.74, 6) is -1.54. The molecule has 3 rings (SSSR count). The van der Waals surface area contributed by atoms with Gasteiger partial charge in [-0.05, 0) is 36.4 Å². The summed E-state index contributed by atoms with van der Waals surface area (Å²) in [5, 5.41) is 2.51. The van der Waals surface area contributed by atoms with Gasteiger partial charge < -0.3 is 10.1 Å². The highest BCUT2D eigenvalue weighted by Crippen LogP contribution is 2.31. The molecule has 0 atom stereocenters. The van der Waals surface area contributed by atoms with Gasteiger partial charge in [-0.3, -0.25) is 9.59 Å². The highest BCUT2D eigenvalue weighted by Gasteiger charge is 2.40. The Hall–Kier alpha value is -2.86. The summed E-state index contributed by atoms with van der Waals surface area (Å²) >= 11 is 5.99. The summed E-state index contributed by atoms with van der Waals surface area (Å²) in [5.41, 5.74) is 0.299. The van der Waals surface area contributed by atoms with E-state index in [9.17, 15) is 14.0 Å². The summed E-state index contributed by atoms with van der Waals surface area (Å²) in [6.45, 7) is 0. The molecule has 0 unspecified atom stereocenters. The van der Waals surface area contributed by atoms with Gasteiger partial charge >= 0.3 is 0 Å². The molecule has 0 bridgehead atoms. The topological polar surface area (TPSA) is 58.6 Å². The quantitative estimate of drug-likeness (QED) is 0.863. The molecule has 0 saturated heterocycles. The second-order valence-corrected chi connectivity index (χ2v) is 5.32. The first-order chi connectivity index (χ1) is 11.5. The number of imide groups is 1. The van der Waals surface area contributed by atoms with Crippen molar-refractivity contribution >= 4 is 34.8 Å². The molecule has 5 nitrogen and oxygen atoms in total. The van der Waals surface area contributed by atoms with Crippen LogP contribution >= 0.6 is 11.6 Å². The SMILES string of the molecule is COc1ccc(NC2=C(Cl)C(=O)N(c3ccccc3F)C2=O)cc1. The molecule has 24 heavy (non-hydrogen) atoms. The number of para-hydroxylation sites is 1. The maximum absolute atomic E-state index is 13.9. The third kappa shape index (κ3) is 2.72. The van der Waals surface area contributed by atoms with Gasteiger partial charge in [0.2, 0.25) is 0 Å². The van der Waals surface area contributed by atoms with E-state index in [0.717, 1.165) is 0 Å². The number of benzene rings is 2. The van der Waals surface area contributed by atoms with Crippen LogP contribution in [0.4, 0.5) is 15.8 Å². The lowest BCUT2D eigenvalue weighted by Crippen LogP contribution is -2.33. The zero-order valence-electron chi connectivity index (χ0n) is 12.5. The molecule has 1 aliphatic heterocycles. The van der Waals surface area contributed by atoms with Crippen LogP contribution in [-0.2, 0) is 9.59 Å². The van der Waals surface area contributed by atoms with E-state index in [1.165, 1.54) is 31.4 Å². The first-order valence-corrected chi connectivity index (χ1v) is 7.35. The Bertz CT molecular complexity index is 849. The maximum Gasteiger partial charge on any atom is 0.283 e. The highest BCUT2D eigenvalue weighted by atomic mass is 35.5. The van der Waals surface area contributed by atoms with Gasteiger partial charge in [-0.25, -0.2) is 9.29 Å². The minimum absolute atomic E-state index is 0.102. The molecular formula is C17H12ClFN2O3. The number of hydrogen-bond donors (Lipinski definition) is 1. The third-order valence-electron chi connectivity index (χ3n) is 3.48. The van der Waals surface area contributed by atoms with Gasteiger partial charge in [-0.15, -0.1) is 0 Å². The predicted molar refractivity (Wildman–Crippen MR) is 88.4 cm³/mol. The van der Waals surface area contributed by atoms with Crippen LogP contribution in [0.2, 0.25) is 0 Å². The van der Waals surface area contributed by atoms with Gasteiger partial charge in [0.05, 0.1) is 12.8 Å². The molecule has 0 radical (unpaired) electrons. The average Bonchev–Trinajstić information content (AvgIpc) is 2.80. The van der Waals surface area contributed by atoms with Crippen LogP contribution in [0.15, 0.2) is 59.3 Å². The van der Waals surface area contributed by atoms with Crippen LogP contribution in [0, 0.1) is 5.82 Å². The molecule has 0 aliphatic carbocycles. The zero-order chi connectivity index (χ0) is 17.3. The Morgan fingerprint density at radius 2 is 1.71 bits per heavy atom. The van der Waals surface area contributed by atoms with Gasteiger partial charge in [-0.1, -0.05) is 23.7 Å². The second-order valence-electron chi connectivity index (χ2n) is 4.94. The number of hydrogen-bond acceptors (Lipinski definition) is 4. The number of carbonyl (C=O) groups is 2. The second kappa shape index (κ2) is 6.33. The minimum Gasteiger partial charge on any atom is -0.497 e. The van der Waals surface area contributed by atoms with E-state index in [1.54, 1.807) is 24.3 Å². The molecule has 1 aliphatic rings. The van der Waals surface area contributed by atoms with Crippen molar-refractivity contribution in [3.05, 3.63) is 65.1 Å². The fourth-order valence-electron chi connectivity index (χ4n) is 2.28. The number of halogens is 2. The van der Waals surface area contributed by atoms with Crippen molar-refractivity contribution in [3.63, 3.8) is 0 Å². The third-order valence-corrected chi connectivity index (χ3v) is 3.83. The first-order valence-electron chi connectivity index (χ1n) is 6.97. The van der Waals surface area contributed by atoms with Crippen molar-refractivity contribution in [3.8, 4) is 5.75 Å². The molecule has 7 heteroatoms. The van der Waals surface area contributed by atoms with E-state index in [4.69, 9.17) is 16.3 Å².